The topological polar surface area (TPSA) is 55.6 Å². The van der Waals surface area contributed by atoms with Crippen LogP contribution in [0.5, 0.6) is 0 Å². The molecule has 1 unspecified atom stereocenters. The second-order valence-electron chi connectivity index (χ2n) is 8.16. The Morgan fingerprint density at radius 3 is 2.14 bits per heavy atom. The SMILES string of the molecule is CC(N)C1CCC2(CC1)CCN(C(=O)OC(C)(C)C)CC2. The number of piperidine rings is 1. The van der Waals surface area contributed by atoms with E-state index in [9.17, 15) is 4.79 Å². The molecule has 0 aromatic heterocycles. The molecule has 1 aliphatic carbocycles. The van der Waals surface area contributed by atoms with Crippen molar-refractivity contribution in [3.63, 3.8) is 0 Å². The van der Waals surface area contributed by atoms with E-state index >= 15 is 0 Å². The van der Waals surface area contributed by atoms with E-state index < -0.39 is 5.60 Å². The summed E-state index contributed by atoms with van der Waals surface area (Å²) in [4.78, 5) is 14.0. The van der Waals surface area contributed by atoms with Crippen LogP contribution in [0.1, 0.15) is 66.2 Å². The van der Waals surface area contributed by atoms with E-state index in [-0.39, 0.29) is 6.09 Å². The number of rotatable bonds is 1. The van der Waals surface area contributed by atoms with Gasteiger partial charge in [0.25, 0.3) is 0 Å². The smallest absolute Gasteiger partial charge is 0.410 e. The van der Waals surface area contributed by atoms with Gasteiger partial charge < -0.3 is 15.4 Å². The summed E-state index contributed by atoms with van der Waals surface area (Å²) in [5.41, 5.74) is 6.10. The first-order valence-electron chi connectivity index (χ1n) is 8.44. The fourth-order valence-corrected chi connectivity index (χ4v) is 3.77. The van der Waals surface area contributed by atoms with Crippen LogP contribution in [-0.2, 0) is 4.74 Å². The Balaban J connectivity index is 1.82. The van der Waals surface area contributed by atoms with Gasteiger partial charge in [-0.15, -0.1) is 0 Å². The number of amides is 1. The van der Waals surface area contributed by atoms with Gasteiger partial charge in [-0.05, 0) is 77.6 Å². The van der Waals surface area contributed by atoms with E-state index in [0.29, 0.717) is 17.4 Å². The first-order chi connectivity index (χ1) is 9.71. The minimum Gasteiger partial charge on any atom is -0.444 e. The Morgan fingerprint density at radius 1 is 1.19 bits per heavy atom. The van der Waals surface area contributed by atoms with Crippen molar-refractivity contribution in [2.24, 2.45) is 17.1 Å². The van der Waals surface area contributed by atoms with Crippen molar-refractivity contribution in [2.45, 2.75) is 77.9 Å². The van der Waals surface area contributed by atoms with Gasteiger partial charge in [-0.25, -0.2) is 4.79 Å². The molecule has 2 rings (SSSR count). The summed E-state index contributed by atoms with van der Waals surface area (Å²) in [7, 11) is 0. The molecule has 0 aromatic carbocycles. The molecule has 0 bridgehead atoms. The average Bonchev–Trinajstić information content (AvgIpc) is 2.38. The molecule has 0 radical (unpaired) electrons. The molecular weight excluding hydrogens is 264 g/mol. The second kappa shape index (κ2) is 6.15. The summed E-state index contributed by atoms with van der Waals surface area (Å²) in [6.45, 7) is 9.59. The summed E-state index contributed by atoms with van der Waals surface area (Å²) in [6.07, 6.45) is 7.16. The highest BCUT2D eigenvalue weighted by molar-refractivity contribution is 5.68. The molecule has 2 fully saturated rings. The molecule has 2 N–H and O–H groups in total. The Kier molecular flexibility index (Phi) is 4.86. The molecule has 1 atom stereocenters. The Labute approximate surface area is 129 Å². The van der Waals surface area contributed by atoms with Crippen molar-refractivity contribution < 1.29 is 9.53 Å². The van der Waals surface area contributed by atoms with Crippen LogP contribution in [0.4, 0.5) is 4.79 Å². The maximum atomic E-state index is 12.1. The zero-order valence-corrected chi connectivity index (χ0v) is 14.2. The van der Waals surface area contributed by atoms with Crippen LogP contribution >= 0.6 is 0 Å². The summed E-state index contributed by atoms with van der Waals surface area (Å²) in [5, 5.41) is 0. The van der Waals surface area contributed by atoms with Gasteiger partial charge >= 0.3 is 6.09 Å². The van der Waals surface area contributed by atoms with Crippen LogP contribution in [0.15, 0.2) is 0 Å². The number of carbonyl (C=O) groups excluding carboxylic acids is 1. The largest absolute Gasteiger partial charge is 0.444 e. The number of hydrogen-bond acceptors (Lipinski definition) is 3. The molecule has 21 heavy (non-hydrogen) atoms. The molecule has 1 aliphatic heterocycles. The van der Waals surface area contributed by atoms with E-state index in [1.807, 2.05) is 25.7 Å². The summed E-state index contributed by atoms with van der Waals surface area (Å²) >= 11 is 0. The van der Waals surface area contributed by atoms with Crippen LogP contribution in [0.25, 0.3) is 0 Å². The minimum absolute atomic E-state index is 0.151. The van der Waals surface area contributed by atoms with Crippen molar-refractivity contribution >= 4 is 6.09 Å². The third-order valence-electron chi connectivity index (χ3n) is 5.31. The van der Waals surface area contributed by atoms with Gasteiger partial charge in [0.15, 0.2) is 0 Å². The van der Waals surface area contributed by atoms with Crippen LogP contribution in [0, 0.1) is 11.3 Å². The van der Waals surface area contributed by atoms with E-state index in [2.05, 4.69) is 6.92 Å². The lowest BCUT2D eigenvalue weighted by atomic mass is 9.64. The Bertz CT molecular complexity index is 355. The zero-order valence-electron chi connectivity index (χ0n) is 14.2. The predicted molar refractivity (Wildman–Crippen MR) is 85.1 cm³/mol. The predicted octanol–water partition coefficient (Wildman–Crippen LogP) is 3.54. The Morgan fingerprint density at radius 2 is 1.71 bits per heavy atom. The van der Waals surface area contributed by atoms with Gasteiger partial charge in [-0.3, -0.25) is 0 Å². The first kappa shape index (κ1) is 16.6. The standard InChI is InChI=1S/C17H32N2O2/c1-13(18)14-5-7-17(8-6-14)9-11-19(12-10-17)15(20)21-16(2,3)4/h13-14H,5-12,18H2,1-4H3. The molecule has 1 heterocycles. The van der Waals surface area contributed by atoms with Crippen molar-refractivity contribution in [1.29, 1.82) is 0 Å². The van der Waals surface area contributed by atoms with E-state index in [1.54, 1.807) is 0 Å². The van der Waals surface area contributed by atoms with Gasteiger partial charge in [-0.1, -0.05) is 0 Å². The van der Waals surface area contributed by atoms with Gasteiger partial charge in [-0.2, -0.15) is 0 Å². The molecule has 1 saturated heterocycles. The normalized spacial score (nSPS) is 24.9. The molecule has 1 amide bonds. The maximum Gasteiger partial charge on any atom is 0.410 e. The van der Waals surface area contributed by atoms with Crippen LogP contribution < -0.4 is 5.73 Å². The van der Waals surface area contributed by atoms with Crippen LogP contribution in [0.3, 0.4) is 0 Å². The zero-order chi connectivity index (χ0) is 15.7. The molecule has 122 valence electrons. The highest BCUT2D eigenvalue weighted by Crippen LogP contribution is 2.46. The van der Waals surface area contributed by atoms with Gasteiger partial charge in [0.2, 0.25) is 0 Å². The van der Waals surface area contributed by atoms with E-state index in [0.717, 1.165) is 25.9 Å². The minimum atomic E-state index is -0.401. The lowest BCUT2D eigenvalue weighted by molar-refractivity contribution is 0.000802. The number of nitrogens with two attached hydrogens (primary N) is 1. The van der Waals surface area contributed by atoms with Crippen molar-refractivity contribution in [3.8, 4) is 0 Å². The fraction of sp³-hybridized carbons (Fsp3) is 0.941. The summed E-state index contributed by atoms with van der Waals surface area (Å²) < 4.78 is 5.47. The van der Waals surface area contributed by atoms with Gasteiger partial charge in [0, 0.05) is 19.1 Å². The third-order valence-corrected chi connectivity index (χ3v) is 5.31. The van der Waals surface area contributed by atoms with Gasteiger partial charge in [0.1, 0.15) is 5.60 Å². The summed E-state index contributed by atoms with van der Waals surface area (Å²) in [6, 6.07) is 0.323. The number of carbonyl (C=O) groups is 1. The second-order valence-corrected chi connectivity index (χ2v) is 8.16. The molecule has 0 aromatic rings. The van der Waals surface area contributed by atoms with Crippen LogP contribution in [-0.4, -0.2) is 35.7 Å². The first-order valence-corrected chi connectivity index (χ1v) is 8.44. The maximum absolute atomic E-state index is 12.1. The number of ether oxygens (including phenoxy) is 1. The third kappa shape index (κ3) is 4.35. The van der Waals surface area contributed by atoms with Gasteiger partial charge in [0.05, 0.1) is 0 Å². The molecular formula is C17H32N2O2. The molecule has 2 aliphatic rings. The Hall–Kier alpha value is -0.770. The quantitative estimate of drug-likeness (QED) is 0.805. The monoisotopic (exact) mass is 296 g/mol. The van der Waals surface area contributed by atoms with Crippen molar-refractivity contribution in [2.75, 3.05) is 13.1 Å². The molecule has 4 nitrogen and oxygen atoms in total. The van der Waals surface area contributed by atoms with Crippen molar-refractivity contribution in [3.05, 3.63) is 0 Å². The highest BCUT2D eigenvalue weighted by atomic mass is 16.6. The van der Waals surface area contributed by atoms with Crippen molar-refractivity contribution in [1.82, 2.24) is 4.90 Å². The lowest BCUT2D eigenvalue weighted by Gasteiger charge is -2.46. The number of hydrogen-bond donors (Lipinski definition) is 1. The lowest BCUT2D eigenvalue weighted by Crippen LogP contribution is -2.46. The fourth-order valence-electron chi connectivity index (χ4n) is 3.77. The number of nitrogens with zero attached hydrogens (tertiary/aromatic N) is 1. The average molecular weight is 296 g/mol. The molecule has 4 heteroatoms. The number of likely N-dealkylation sites (tertiary alicyclic amines) is 1. The summed E-state index contributed by atoms with van der Waals surface area (Å²) in [5.74, 6) is 0.694. The highest BCUT2D eigenvalue weighted by Gasteiger charge is 2.40. The molecule has 1 saturated carbocycles. The van der Waals surface area contributed by atoms with Crippen LogP contribution in [0.2, 0.25) is 0 Å². The van der Waals surface area contributed by atoms with E-state index in [1.165, 1.54) is 25.7 Å². The van der Waals surface area contributed by atoms with E-state index in [4.69, 9.17) is 10.5 Å². The molecule has 1 spiro atoms.